The van der Waals surface area contributed by atoms with Gasteiger partial charge in [-0.15, -0.1) is 0 Å². The van der Waals surface area contributed by atoms with E-state index in [9.17, 15) is 4.79 Å². The van der Waals surface area contributed by atoms with E-state index in [-0.39, 0.29) is 12.2 Å². The van der Waals surface area contributed by atoms with Crippen LogP contribution in [0.25, 0.3) is 0 Å². The van der Waals surface area contributed by atoms with Crippen molar-refractivity contribution < 1.29 is 14.3 Å². The number of alkyl carbamates (subject to hydrolysis) is 1. The van der Waals surface area contributed by atoms with Crippen molar-refractivity contribution >= 4 is 6.09 Å². The fraction of sp³-hybridized carbons (Fsp3) is 0.938. The zero-order chi connectivity index (χ0) is 15.1. The van der Waals surface area contributed by atoms with E-state index in [1.54, 1.807) is 0 Å². The Morgan fingerprint density at radius 2 is 1.90 bits per heavy atom. The summed E-state index contributed by atoms with van der Waals surface area (Å²) in [5.74, 6) is 1.58. The summed E-state index contributed by atoms with van der Waals surface area (Å²) in [7, 11) is 0. The minimum Gasteiger partial charge on any atom is -0.446 e. The standard InChI is InChI=1S/C16H30N2O3/c1-13-10-14(2)12-18(11-13)7-3-6-17-16(19)21-15-4-8-20-9-5-15/h13-15H,3-12H2,1-2H3,(H,17,19)/t13-,14+. The first-order chi connectivity index (χ1) is 10.1. The van der Waals surface area contributed by atoms with Gasteiger partial charge in [-0.1, -0.05) is 13.8 Å². The van der Waals surface area contributed by atoms with Gasteiger partial charge in [0.1, 0.15) is 6.10 Å². The number of piperidine rings is 1. The van der Waals surface area contributed by atoms with E-state index in [0.29, 0.717) is 19.8 Å². The van der Waals surface area contributed by atoms with Crippen LogP contribution in [0.5, 0.6) is 0 Å². The number of carbonyl (C=O) groups excluding carboxylic acids is 1. The molecule has 0 unspecified atom stereocenters. The van der Waals surface area contributed by atoms with Crippen LogP contribution in [0.2, 0.25) is 0 Å². The van der Waals surface area contributed by atoms with Crippen LogP contribution in [0.4, 0.5) is 4.79 Å². The molecule has 1 amide bonds. The number of rotatable bonds is 5. The average molecular weight is 298 g/mol. The lowest BCUT2D eigenvalue weighted by atomic mass is 9.92. The van der Waals surface area contributed by atoms with Gasteiger partial charge in [0.15, 0.2) is 0 Å². The second kappa shape index (κ2) is 8.59. The molecule has 0 aromatic rings. The molecule has 0 radical (unpaired) electrons. The van der Waals surface area contributed by atoms with E-state index in [2.05, 4.69) is 24.1 Å². The first-order valence-corrected chi connectivity index (χ1v) is 8.38. The molecule has 2 rings (SSSR count). The van der Waals surface area contributed by atoms with Gasteiger partial charge in [-0.05, 0) is 31.2 Å². The Hall–Kier alpha value is -0.810. The summed E-state index contributed by atoms with van der Waals surface area (Å²) in [5, 5.41) is 2.86. The first kappa shape index (κ1) is 16.6. The maximum Gasteiger partial charge on any atom is 0.407 e. The van der Waals surface area contributed by atoms with E-state index in [0.717, 1.165) is 37.6 Å². The number of nitrogens with zero attached hydrogens (tertiary/aromatic N) is 1. The predicted molar refractivity (Wildman–Crippen MR) is 82.3 cm³/mol. The van der Waals surface area contributed by atoms with Gasteiger partial charge in [-0.3, -0.25) is 0 Å². The van der Waals surface area contributed by atoms with Crippen LogP contribution in [-0.2, 0) is 9.47 Å². The number of hydrogen-bond donors (Lipinski definition) is 1. The summed E-state index contributed by atoms with van der Waals surface area (Å²) in [6.45, 7) is 10.2. The second-order valence-corrected chi connectivity index (χ2v) is 6.70. The maximum atomic E-state index is 11.7. The van der Waals surface area contributed by atoms with Crippen molar-refractivity contribution in [2.75, 3.05) is 39.4 Å². The third-order valence-electron chi connectivity index (χ3n) is 4.31. The molecule has 21 heavy (non-hydrogen) atoms. The zero-order valence-electron chi connectivity index (χ0n) is 13.5. The molecule has 0 saturated carbocycles. The van der Waals surface area contributed by atoms with E-state index >= 15 is 0 Å². The second-order valence-electron chi connectivity index (χ2n) is 6.70. The Balaban J connectivity index is 1.53. The molecule has 0 aromatic carbocycles. The van der Waals surface area contributed by atoms with Crippen molar-refractivity contribution in [1.29, 1.82) is 0 Å². The molecule has 0 bridgehead atoms. The Morgan fingerprint density at radius 3 is 2.57 bits per heavy atom. The van der Waals surface area contributed by atoms with Crippen LogP contribution in [0.3, 0.4) is 0 Å². The number of likely N-dealkylation sites (tertiary alicyclic amines) is 1. The highest BCUT2D eigenvalue weighted by atomic mass is 16.6. The topological polar surface area (TPSA) is 50.8 Å². The molecular weight excluding hydrogens is 268 g/mol. The van der Waals surface area contributed by atoms with Crippen molar-refractivity contribution in [3.8, 4) is 0 Å². The highest BCUT2D eigenvalue weighted by molar-refractivity contribution is 5.67. The molecule has 5 heteroatoms. The summed E-state index contributed by atoms with van der Waals surface area (Å²) in [4.78, 5) is 14.2. The SMILES string of the molecule is C[C@@H]1C[C@H](C)CN(CCCNC(=O)OC2CCOCC2)C1. The molecule has 2 saturated heterocycles. The van der Waals surface area contributed by atoms with E-state index in [4.69, 9.17) is 9.47 Å². The summed E-state index contributed by atoms with van der Waals surface area (Å²) in [5.41, 5.74) is 0. The maximum absolute atomic E-state index is 11.7. The van der Waals surface area contributed by atoms with Crippen LogP contribution in [0, 0.1) is 11.8 Å². The normalized spacial score (nSPS) is 28.3. The Kier molecular flexibility index (Phi) is 6.77. The Labute approximate surface area is 128 Å². The average Bonchev–Trinajstić information content (AvgIpc) is 2.44. The highest BCUT2D eigenvalue weighted by Crippen LogP contribution is 2.20. The quantitative estimate of drug-likeness (QED) is 0.791. The molecule has 0 spiro atoms. The molecule has 0 aliphatic carbocycles. The molecule has 0 aromatic heterocycles. The molecule has 2 aliphatic heterocycles. The van der Waals surface area contributed by atoms with E-state index < -0.39 is 0 Å². The molecule has 122 valence electrons. The van der Waals surface area contributed by atoms with Gasteiger partial charge in [0.2, 0.25) is 0 Å². The molecule has 1 N–H and O–H groups in total. The summed E-state index contributed by atoms with van der Waals surface area (Å²) in [6, 6.07) is 0. The summed E-state index contributed by atoms with van der Waals surface area (Å²) < 4.78 is 10.6. The van der Waals surface area contributed by atoms with Crippen molar-refractivity contribution in [2.45, 2.75) is 45.6 Å². The molecule has 2 aliphatic rings. The lowest BCUT2D eigenvalue weighted by molar-refractivity contribution is 0.00159. The van der Waals surface area contributed by atoms with Crippen molar-refractivity contribution in [2.24, 2.45) is 11.8 Å². The van der Waals surface area contributed by atoms with Gasteiger partial charge in [0, 0.05) is 32.5 Å². The van der Waals surface area contributed by atoms with Crippen molar-refractivity contribution in [3.63, 3.8) is 0 Å². The van der Waals surface area contributed by atoms with Gasteiger partial charge >= 0.3 is 6.09 Å². The van der Waals surface area contributed by atoms with Crippen LogP contribution in [-0.4, -0.2) is 56.5 Å². The lowest BCUT2D eigenvalue weighted by Crippen LogP contribution is -2.40. The van der Waals surface area contributed by atoms with E-state index in [1.807, 2.05) is 0 Å². The Morgan fingerprint density at radius 1 is 1.24 bits per heavy atom. The zero-order valence-corrected chi connectivity index (χ0v) is 13.5. The van der Waals surface area contributed by atoms with Crippen LogP contribution >= 0.6 is 0 Å². The number of carbonyl (C=O) groups is 1. The lowest BCUT2D eigenvalue weighted by Gasteiger charge is -2.34. The summed E-state index contributed by atoms with van der Waals surface area (Å²) in [6.07, 6.45) is 3.72. The van der Waals surface area contributed by atoms with Crippen molar-refractivity contribution in [1.82, 2.24) is 10.2 Å². The fourth-order valence-electron chi connectivity index (χ4n) is 3.45. The largest absolute Gasteiger partial charge is 0.446 e. The molecule has 2 heterocycles. The predicted octanol–water partition coefficient (Wildman–Crippen LogP) is 2.26. The van der Waals surface area contributed by atoms with Gasteiger partial charge < -0.3 is 19.7 Å². The third-order valence-corrected chi connectivity index (χ3v) is 4.31. The van der Waals surface area contributed by atoms with Crippen LogP contribution in [0.15, 0.2) is 0 Å². The molecule has 5 nitrogen and oxygen atoms in total. The van der Waals surface area contributed by atoms with Gasteiger partial charge in [-0.2, -0.15) is 0 Å². The monoisotopic (exact) mass is 298 g/mol. The van der Waals surface area contributed by atoms with E-state index in [1.165, 1.54) is 19.5 Å². The minimum atomic E-state index is -0.276. The highest BCUT2D eigenvalue weighted by Gasteiger charge is 2.21. The molecular formula is C16H30N2O3. The summed E-state index contributed by atoms with van der Waals surface area (Å²) >= 11 is 0. The first-order valence-electron chi connectivity index (χ1n) is 8.38. The van der Waals surface area contributed by atoms with Gasteiger partial charge in [0.25, 0.3) is 0 Å². The van der Waals surface area contributed by atoms with Crippen LogP contribution < -0.4 is 5.32 Å². The number of amides is 1. The van der Waals surface area contributed by atoms with Gasteiger partial charge in [0.05, 0.1) is 13.2 Å². The Bertz CT molecular complexity index is 309. The fourth-order valence-corrected chi connectivity index (χ4v) is 3.45. The van der Waals surface area contributed by atoms with Crippen LogP contribution in [0.1, 0.15) is 39.5 Å². The molecule has 2 fully saturated rings. The molecule has 2 atom stereocenters. The minimum absolute atomic E-state index is 0.0301. The number of hydrogen-bond acceptors (Lipinski definition) is 4. The number of nitrogens with one attached hydrogen (secondary N) is 1. The third kappa shape index (κ3) is 6.22. The smallest absolute Gasteiger partial charge is 0.407 e. The van der Waals surface area contributed by atoms with Crippen molar-refractivity contribution in [3.05, 3.63) is 0 Å². The number of ether oxygens (including phenoxy) is 2. The van der Waals surface area contributed by atoms with Gasteiger partial charge in [-0.25, -0.2) is 4.79 Å².